The lowest BCUT2D eigenvalue weighted by molar-refractivity contribution is 0.590. The van der Waals surface area contributed by atoms with Gasteiger partial charge in [-0.05, 0) is 107 Å². The molecule has 0 spiro atoms. The first-order chi connectivity index (χ1) is 23.0. The van der Waals surface area contributed by atoms with E-state index < -0.39 is 0 Å². The number of pyridine rings is 2. The predicted octanol–water partition coefficient (Wildman–Crippen LogP) is 12.6. The number of hydrogen-bond donors (Lipinski definition) is 0. The maximum absolute atomic E-state index is 4.80. The minimum Gasteiger partial charge on any atom is -0.256 e. The van der Waals surface area contributed by atoms with Crippen LogP contribution < -0.4 is 0 Å². The van der Waals surface area contributed by atoms with Crippen molar-refractivity contribution < 1.29 is 0 Å². The maximum Gasteiger partial charge on any atom is 0.0717 e. The van der Waals surface area contributed by atoms with Crippen molar-refractivity contribution in [1.82, 2.24) is 9.97 Å². The number of benzene rings is 6. The van der Waals surface area contributed by atoms with Crippen molar-refractivity contribution in [2.75, 3.05) is 0 Å². The van der Waals surface area contributed by atoms with Gasteiger partial charge in [0.05, 0.1) is 11.4 Å². The molecule has 2 heterocycles. The average molecular weight is 621 g/mol. The molecular weight excluding hydrogens is 581 g/mol. The molecule has 0 N–H and O–H groups in total. The number of aromatic nitrogens is 2. The standard InChI is InChI=1S/C46H40N2/c1-45(2,3)35-19-14-30(15-20-35)40-27-39(29-10-12-31(13-11-29)42-23-18-34(28-48-42)41-9-7-8-24-47-41)37-21-16-32-25-36(46(4,5)6)26-33-17-22-38(40)44(37)43(32)33/h7-28H,1-6H3. The molecule has 2 heteroatoms. The third kappa shape index (κ3) is 5.22. The van der Waals surface area contributed by atoms with E-state index in [1.807, 2.05) is 30.6 Å². The summed E-state index contributed by atoms with van der Waals surface area (Å²) in [6, 6.07) is 44.8. The highest BCUT2D eigenvalue weighted by atomic mass is 14.7. The second-order valence-electron chi connectivity index (χ2n) is 15.2. The molecule has 0 bridgehead atoms. The Hall–Kier alpha value is -5.34. The summed E-state index contributed by atoms with van der Waals surface area (Å²) in [4.78, 5) is 9.27. The molecule has 0 unspecified atom stereocenters. The topological polar surface area (TPSA) is 25.8 Å². The second kappa shape index (κ2) is 11.1. The van der Waals surface area contributed by atoms with Gasteiger partial charge in [-0.15, -0.1) is 0 Å². The van der Waals surface area contributed by atoms with E-state index in [-0.39, 0.29) is 10.8 Å². The monoisotopic (exact) mass is 620 g/mol. The Labute approximate surface area is 283 Å². The molecule has 8 rings (SSSR count). The lowest BCUT2D eigenvalue weighted by Gasteiger charge is -2.23. The Kier molecular flexibility index (Phi) is 6.96. The summed E-state index contributed by atoms with van der Waals surface area (Å²) in [7, 11) is 0. The molecular formula is C46H40N2. The van der Waals surface area contributed by atoms with Gasteiger partial charge in [0.1, 0.15) is 0 Å². The van der Waals surface area contributed by atoms with E-state index in [9.17, 15) is 0 Å². The van der Waals surface area contributed by atoms with E-state index in [2.05, 4.69) is 150 Å². The lowest BCUT2D eigenvalue weighted by Crippen LogP contribution is -2.10. The van der Waals surface area contributed by atoms with E-state index >= 15 is 0 Å². The first-order valence-electron chi connectivity index (χ1n) is 16.9. The summed E-state index contributed by atoms with van der Waals surface area (Å²) in [5.41, 5.74) is 11.8. The van der Waals surface area contributed by atoms with Crippen LogP contribution in [0, 0.1) is 0 Å². The molecule has 0 atom stereocenters. The minimum atomic E-state index is 0.0743. The molecule has 2 nitrogen and oxygen atoms in total. The molecule has 2 aromatic heterocycles. The van der Waals surface area contributed by atoms with Crippen LogP contribution in [0.2, 0.25) is 0 Å². The highest BCUT2D eigenvalue weighted by Gasteiger charge is 2.21. The van der Waals surface area contributed by atoms with E-state index in [1.165, 1.54) is 65.7 Å². The van der Waals surface area contributed by atoms with Crippen LogP contribution in [-0.2, 0) is 10.8 Å². The van der Waals surface area contributed by atoms with Gasteiger partial charge in [0, 0.05) is 23.5 Å². The first-order valence-corrected chi connectivity index (χ1v) is 16.9. The van der Waals surface area contributed by atoms with Gasteiger partial charge in [-0.25, -0.2) is 0 Å². The van der Waals surface area contributed by atoms with Gasteiger partial charge in [0.15, 0.2) is 0 Å². The summed E-state index contributed by atoms with van der Waals surface area (Å²) >= 11 is 0. The van der Waals surface area contributed by atoms with Crippen LogP contribution in [0.15, 0.2) is 134 Å². The molecule has 0 saturated carbocycles. The molecule has 48 heavy (non-hydrogen) atoms. The SMILES string of the molecule is CC(C)(C)c1ccc(-c2cc(-c3ccc(-c4ccc(-c5ccccn5)cn4)cc3)c3ccc4cc(C(C)(C)C)cc5ccc2c3c45)cc1. The van der Waals surface area contributed by atoms with E-state index in [0.717, 1.165) is 22.5 Å². The normalized spacial score (nSPS) is 12.4. The first kappa shape index (κ1) is 30.0. The van der Waals surface area contributed by atoms with E-state index in [4.69, 9.17) is 4.98 Å². The van der Waals surface area contributed by atoms with Crippen molar-refractivity contribution in [2.45, 2.75) is 52.4 Å². The Balaban J connectivity index is 1.29. The molecule has 234 valence electrons. The largest absolute Gasteiger partial charge is 0.256 e. The van der Waals surface area contributed by atoms with Gasteiger partial charge >= 0.3 is 0 Å². The van der Waals surface area contributed by atoms with Crippen molar-refractivity contribution in [3.8, 4) is 44.8 Å². The number of nitrogens with zero attached hydrogens (tertiary/aromatic N) is 2. The van der Waals surface area contributed by atoms with Gasteiger partial charge in [-0.1, -0.05) is 133 Å². The van der Waals surface area contributed by atoms with Crippen LogP contribution >= 0.6 is 0 Å². The summed E-state index contributed by atoms with van der Waals surface area (Å²) < 4.78 is 0. The molecule has 0 radical (unpaired) electrons. The third-order valence-corrected chi connectivity index (χ3v) is 9.86. The van der Waals surface area contributed by atoms with E-state index in [1.54, 1.807) is 0 Å². The van der Waals surface area contributed by atoms with Crippen LogP contribution in [0.1, 0.15) is 52.7 Å². The summed E-state index contributed by atoms with van der Waals surface area (Å²) in [6.45, 7) is 13.7. The molecule has 0 saturated heterocycles. The van der Waals surface area contributed by atoms with Gasteiger partial charge < -0.3 is 0 Å². The summed E-state index contributed by atoms with van der Waals surface area (Å²) in [6.07, 6.45) is 3.73. The van der Waals surface area contributed by atoms with E-state index in [0.29, 0.717) is 0 Å². The highest BCUT2D eigenvalue weighted by Crippen LogP contribution is 2.45. The van der Waals surface area contributed by atoms with Crippen molar-refractivity contribution in [3.63, 3.8) is 0 Å². The van der Waals surface area contributed by atoms with Crippen molar-refractivity contribution in [1.29, 1.82) is 0 Å². The molecule has 0 aliphatic heterocycles. The van der Waals surface area contributed by atoms with Crippen LogP contribution in [0.25, 0.3) is 77.1 Å². The van der Waals surface area contributed by atoms with Crippen molar-refractivity contribution in [2.24, 2.45) is 0 Å². The Morgan fingerprint density at radius 3 is 1.48 bits per heavy atom. The van der Waals surface area contributed by atoms with Crippen LogP contribution in [0.5, 0.6) is 0 Å². The fraction of sp³-hybridized carbons (Fsp3) is 0.174. The Bertz CT molecular complexity index is 2390. The molecule has 0 fully saturated rings. The zero-order valence-corrected chi connectivity index (χ0v) is 28.6. The van der Waals surface area contributed by atoms with Crippen LogP contribution in [0.4, 0.5) is 0 Å². The van der Waals surface area contributed by atoms with Crippen LogP contribution in [0.3, 0.4) is 0 Å². The van der Waals surface area contributed by atoms with Gasteiger partial charge in [-0.3, -0.25) is 9.97 Å². The van der Waals surface area contributed by atoms with Gasteiger partial charge in [0.25, 0.3) is 0 Å². The summed E-state index contributed by atoms with van der Waals surface area (Å²) in [5, 5.41) is 7.88. The molecule has 8 aromatic rings. The zero-order valence-electron chi connectivity index (χ0n) is 28.6. The molecule has 6 aromatic carbocycles. The summed E-state index contributed by atoms with van der Waals surface area (Å²) in [5.74, 6) is 0. The minimum absolute atomic E-state index is 0.0743. The average Bonchev–Trinajstić information content (AvgIpc) is 3.10. The molecule has 0 aliphatic carbocycles. The predicted molar refractivity (Wildman–Crippen MR) is 205 cm³/mol. The fourth-order valence-electron chi connectivity index (χ4n) is 7.05. The highest BCUT2D eigenvalue weighted by molar-refractivity contribution is 6.28. The molecule has 0 aliphatic rings. The Morgan fingerprint density at radius 2 is 0.958 bits per heavy atom. The maximum atomic E-state index is 4.80. The molecule has 0 amide bonds. The third-order valence-electron chi connectivity index (χ3n) is 9.86. The Morgan fingerprint density at radius 1 is 0.417 bits per heavy atom. The van der Waals surface area contributed by atoms with Gasteiger partial charge in [-0.2, -0.15) is 0 Å². The second-order valence-corrected chi connectivity index (χ2v) is 15.2. The zero-order chi connectivity index (χ0) is 33.2. The smallest absolute Gasteiger partial charge is 0.0717 e. The van der Waals surface area contributed by atoms with Gasteiger partial charge in [0.2, 0.25) is 0 Å². The van der Waals surface area contributed by atoms with Crippen molar-refractivity contribution >= 4 is 32.3 Å². The van der Waals surface area contributed by atoms with Crippen molar-refractivity contribution in [3.05, 3.63) is 145 Å². The fourth-order valence-corrected chi connectivity index (χ4v) is 7.05. The number of hydrogen-bond acceptors (Lipinski definition) is 2. The number of rotatable bonds is 4. The van der Waals surface area contributed by atoms with Crippen LogP contribution in [-0.4, -0.2) is 9.97 Å². The quantitative estimate of drug-likeness (QED) is 0.183. The lowest BCUT2D eigenvalue weighted by atomic mass is 9.81.